The minimum absolute atomic E-state index is 0.0280. The quantitative estimate of drug-likeness (QED) is 0.902. The Balaban J connectivity index is 2.26. The molecule has 1 heterocycles. The van der Waals surface area contributed by atoms with E-state index in [0.717, 1.165) is 16.9 Å². The molecule has 1 aromatic carbocycles. The molecule has 3 heteroatoms. The summed E-state index contributed by atoms with van der Waals surface area (Å²) in [5, 5.41) is 0. The highest BCUT2D eigenvalue weighted by atomic mass is 16.5. The van der Waals surface area contributed by atoms with E-state index in [9.17, 15) is 0 Å². The summed E-state index contributed by atoms with van der Waals surface area (Å²) in [6.45, 7) is 10.6. The molecule has 0 aliphatic carbocycles. The summed E-state index contributed by atoms with van der Waals surface area (Å²) in [5.74, 6) is 1.41. The van der Waals surface area contributed by atoms with Crippen LogP contribution in [0.25, 0.3) is 0 Å². The molecule has 0 fully saturated rings. The lowest BCUT2D eigenvalue weighted by Crippen LogP contribution is -2.11. The van der Waals surface area contributed by atoms with E-state index in [-0.39, 0.29) is 11.5 Å². The Morgan fingerprint density at radius 3 is 2.43 bits per heavy atom. The number of ether oxygens (including phenoxy) is 1. The van der Waals surface area contributed by atoms with Gasteiger partial charge in [0.25, 0.3) is 0 Å². The maximum atomic E-state index is 5.90. The van der Waals surface area contributed by atoms with Gasteiger partial charge in [0, 0.05) is 18.3 Å². The van der Waals surface area contributed by atoms with Crippen LogP contribution in [-0.4, -0.2) is 4.98 Å². The fourth-order valence-electron chi connectivity index (χ4n) is 2.11. The number of aromatic nitrogens is 1. The summed E-state index contributed by atoms with van der Waals surface area (Å²) in [7, 11) is 0. The van der Waals surface area contributed by atoms with Gasteiger partial charge in [0.2, 0.25) is 5.88 Å². The van der Waals surface area contributed by atoms with Gasteiger partial charge in [-0.25, -0.2) is 4.98 Å². The Bertz CT molecular complexity index is 627. The molecule has 1 aromatic heterocycles. The number of nitrogens with zero attached hydrogens (tertiary/aromatic N) is 1. The first-order chi connectivity index (χ1) is 9.77. The van der Waals surface area contributed by atoms with Gasteiger partial charge in [-0.3, -0.25) is 0 Å². The van der Waals surface area contributed by atoms with E-state index in [4.69, 9.17) is 10.5 Å². The van der Waals surface area contributed by atoms with Gasteiger partial charge in [0.15, 0.2) is 0 Å². The number of aryl methyl sites for hydroxylation is 1. The summed E-state index contributed by atoms with van der Waals surface area (Å²) in [4.78, 5) is 4.25. The molecule has 1 atom stereocenters. The van der Waals surface area contributed by atoms with Crippen LogP contribution in [-0.2, 0) is 5.41 Å². The van der Waals surface area contributed by atoms with Crippen LogP contribution in [0.15, 0.2) is 36.5 Å². The Labute approximate surface area is 127 Å². The monoisotopic (exact) mass is 284 g/mol. The molecule has 0 aliphatic rings. The Morgan fingerprint density at radius 1 is 1.14 bits per heavy atom. The van der Waals surface area contributed by atoms with Crippen molar-refractivity contribution in [2.75, 3.05) is 0 Å². The normalized spacial score (nSPS) is 13.0. The molecule has 0 saturated heterocycles. The van der Waals surface area contributed by atoms with E-state index >= 15 is 0 Å². The molecular weight excluding hydrogens is 260 g/mol. The molecule has 21 heavy (non-hydrogen) atoms. The molecule has 0 aliphatic heterocycles. The van der Waals surface area contributed by atoms with Gasteiger partial charge in [-0.15, -0.1) is 0 Å². The molecule has 2 rings (SSSR count). The van der Waals surface area contributed by atoms with Crippen LogP contribution in [0.5, 0.6) is 11.6 Å². The lowest BCUT2D eigenvalue weighted by atomic mass is 9.86. The molecular formula is C18H24N2O. The van der Waals surface area contributed by atoms with Gasteiger partial charge >= 0.3 is 0 Å². The average Bonchev–Trinajstić information content (AvgIpc) is 2.40. The predicted octanol–water partition coefficient (Wildman–Crippen LogP) is 4.50. The van der Waals surface area contributed by atoms with E-state index in [1.54, 1.807) is 6.20 Å². The zero-order valence-electron chi connectivity index (χ0n) is 13.5. The van der Waals surface area contributed by atoms with E-state index < -0.39 is 0 Å². The van der Waals surface area contributed by atoms with E-state index in [1.165, 1.54) is 5.56 Å². The first-order valence-electron chi connectivity index (χ1n) is 7.28. The molecule has 0 spiro atoms. The van der Waals surface area contributed by atoms with Crippen molar-refractivity contribution in [2.45, 2.75) is 46.1 Å². The minimum atomic E-state index is -0.0280. The maximum Gasteiger partial charge on any atom is 0.219 e. The lowest BCUT2D eigenvalue weighted by molar-refractivity contribution is 0.457. The fourth-order valence-corrected chi connectivity index (χ4v) is 2.11. The topological polar surface area (TPSA) is 48.1 Å². The highest BCUT2D eigenvalue weighted by Crippen LogP contribution is 2.30. The van der Waals surface area contributed by atoms with E-state index in [2.05, 4.69) is 44.8 Å². The second-order valence-corrected chi connectivity index (χ2v) is 6.55. The van der Waals surface area contributed by atoms with Crippen LogP contribution in [0.2, 0.25) is 0 Å². The zero-order chi connectivity index (χ0) is 15.6. The van der Waals surface area contributed by atoms with Crippen LogP contribution in [0.4, 0.5) is 0 Å². The van der Waals surface area contributed by atoms with E-state index in [0.29, 0.717) is 5.88 Å². The largest absolute Gasteiger partial charge is 0.439 e. The molecule has 2 N–H and O–H groups in total. The van der Waals surface area contributed by atoms with Crippen molar-refractivity contribution in [1.29, 1.82) is 0 Å². The van der Waals surface area contributed by atoms with Gasteiger partial charge in [0.05, 0.1) is 0 Å². The lowest BCUT2D eigenvalue weighted by Gasteiger charge is -2.20. The van der Waals surface area contributed by atoms with Crippen LogP contribution >= 0.6 is 0 Å². The van der Waals surface area contributed by atoms with Gasteiger partial charge in [-0.1, -0.05) is 32.9 Å². The highest BCUT2D eigenvalue weighted by Gasteiger charge is 2.15. The molecule has 112 valence electrons. The van der Waals surface area contributed by atoms with Crippen LogP contribution in [0, 0.1) is 6.92 Å². The van der Waals surface area contributed by atoms with Gasteiger partial charge in [-0.05, 0) is 48.1 Å². The number of rotatable bonds is 3. The van der Waals surface area contributed by atoms with Crippen molar-refractivity contribution in [1.82, 2.24) is 4.98 Å². The molecule has 0 unspecified atom stereocenters. The Kier molecular flexibility index (Phi) is 4.33. The zero-order valence-corrected chi connectivity index (χ0v) is 13.5. The fraction of sp³-hybridized carbons (Fsp3) is 0.389. The summed E-state index contributed by atoms with van der Waals surface area (Å²) in [5.41, 5.74) is 9.45. The molecule has 0 amide bonds. The average molecular weight is 284 g/mol. The standard InChI is InChI=1S/C18H24N2O/c1-12-10-15(18(3,4)5)6-7-16(12)21-17-11-14(13(2)19)8-9-20-17/h6-11,13H,19H2,1-5H3/t13-/m0/s1. The van der Waals surface area contributed by atoms with Crippen molar-refractivity contribution >= 4 is 0 Å². The molecule has 0 radical (unpaired) electrons. The van der Waals surface area contributed by atoms with Gasteiger partial charge in [-0.2, -0.15) is 0 Å². The molecule has 0 bridgehead atoms. The smallest absolute Gasteiger partial charge is 0.219 e. The van der Waals surface area contributed by atoms with Crippen molar-refractivity contribution in [3.63, 3.8) is 0 Å². The number of benzene rings is 1. The highest BCUT2D eigenvalue weighted by molar-refractivity contribution is 5.40. The molecule has 3 nitrogen and oxygen atoms in total. The second-order valence-electron chi connectivity index (χ2n) is 6.55. The third-order valence-corrected chi connectivity index (χ3v) is 3.54. The van der Waals surface area contributed by atoms with Crippen molar-refractivity contribution < 1.29 is 4.74 Å². The van der Waals surface area contributed by atoms with E-state index in [1.807, 2.05) is 25.1 Å². The Morgan fingerprint density at radius 2 is 1.86 bits per heavy atom. The summed E-state index contributed by atoms with van der Waals surface area (Å²) < 4.78 is 5.90. The van der Waals surface area contributed by atoms with Crippen molar-refractivity contribution in [3.05, 3.63) is 53.2 Å². The Hall–Kier alpha value is -1.87. The SMILES string of the molecule is Cc1cc(C(C)(C)C)ccc1Oc1cc([C@H](C)N)ccn1. The predicted molar refractivity (Wildman–Crippen MR) is 86.8 cm³/mol. The van der Waals surface area contributed by atoms with Crippen LogP contribution < -0.4 is 10.5 Å². The summed E-state index contributed by atoms with van der Waals surface area (Å²) >= 11 is 0. The number of nitrogens with two attached hydrogens (primary N) is 1. The first-order valence-corrected chi connectivity index (χ1v) is 7.28. The third-order valence-electron chi connectivity index (χ3n) is 3.54. The van der Waals surface area contributed by atoms with Gasteiger partial charge in [0.1, 0.15) is 5.75 Å². The third kappa shape index (κ3) is 3.82. The van der Waals surface area contributed by atoms with Crippen LogP contribution in [0.3, 0.4) is 0 Å². The second kappa shape index (κ2) is 5.86. The summed E-state index contributed by atoms with van der Waals surface area (Å²) in [6.07, 6.45) is 1.73. The van der Waals surface area contributed by atoms with Gasteiger partial charge < -0.3 is 10.5 Å². The number of hydrogen-bond acceptors (Lipinski definition) is 3. The minimum Gasteiger partial charge on any atom is -0.439 e. The molecule has 0 saturated carbocycles. The van der Waals surface area contributed by atoms with Crippen molar-refractivity contribution in [3.8, 4) is 11.6 Å². The van der Waals surface area contributed by atoms with Crippen LogP contribution in [0.1, 0.15) is 50.4 Å². The molecule has 2 aromatic rings. The number of hydrogen-bond donors (Lipinski definition) is 1. The summed E-state index contributed by atoms with van der Waals surface area (Å²) in [6, 6.07) is 10.1. The number of pyridine rings is 1. The van der Waals surface area contributed by atoms with Crippen molar-refractivity contribution in [2.24, 2.45) is 5.73 Å². The maximum absolute atomic E-state index is 5.90. The first kappa shape index (κ1) is 15.5.